The average molecular weight is 341 g/mol. The quantitative estimate of drug-likeness (QED) is 0.820. The number of benzene rings is 1. The minimum Gasteiger partial charge on any atom is -0.494 e. The van der Waals surface area contributed by atoms with Gasteiger partial charge in [0.25, 0.3) is 0 Å². The molecule has 0 atom stereocenters. The maximum Gasteiger partial charge on any atom is 0.238 e. The van der Waals surface area contributed by atoms with E-state index in [1.165, 1.54) is 10.6 Å². The van der Waals surface area contributed by atoms with Crippen LogP contribution in [0.15, 0.2) is 24.3 Å². The molecule has 23 heavy (non-hydrogen) atoms. The van der Waals surface area contributed by atoms with E-state index in [9.17, 15) is 13.2 Å². The van der Waals surface area contributed by atoms with Crippen molar-refractivity contribution in [3.8, 4) is 5.75 Å². The van der Waals surface area contributed by atoms with E-state index >= 15 is 0 Å². The Kier molecular flexibility index (Phi) is 5.97. The van der Waals surface area contributed by atoms with E-state index in [4.69, 9.17) is 4.74 Å². The van der Waals surface area contributed by atoms with Gasteiger partial charge >= 0.3 is 0 Å². The molecule has 1 aromatic carbocycles. The Bertz CT molecular complexity index is 623. The summed E-state index contributed by atoms with van der Waals surface area (Å²) in [5, 5.41) is 2.83. The van der Waals surface area contributed by atoms with Crippen molar-refractivity contribution >= 4 is 21.6 Å². The highest BCUT2D eigenvalue weighted by atomic mass is 32.2. The van der Waals surface area contributed by atoms with Gasteiger partial charge < -0.3 is 10.1 Å². The first kappa shape index (κ1) is 17.7. The van der Waals surface area contributed by atoms with Crippen molar-refractivity contribution in [2.45, 2.75) is 6.92 Å². The van der Waals surface area contributed by atoms with Gasteiger partial charge in [-0.25, -0.2) is 8.42 Å². The maximum absolute atomic E-state index is 12.1. The summed E-state index contributed by atoms with van der Waals surface area (Å²) in [6, 6.07) is 7.21. The van der Waals surface area contributed by atoms with E-state index < -0.39 is 10.0 Å². The molecule has 1 aliphatic rings. The number of anilines is 1. The van der Waals surface area contributed by atoms with Gasteiger partial charge in [-0.1, -0.05) is 0 Å². The zero-order valence-electron chi connectivity index (χ0n) is 13.5. The van der Waals surface area contributed by atoms with E-state index in [-0.39, 0.29) is 12.5 Å². The molecular weight excluding hydrogens is 318 g/mol. The highest BCUT2D eigenvalue weighted by Gasteiger charge is 2.24. The highest BCUT2D eigenvalue weighted by molar-refractivity contribution is 7.88. The summed E-state index contributed by atoms with van der Waals surface area (Å²) in [6.45, 7) is 4.74. The van der Waals surface area contributed by atoms with Gasteiger partial charge in [0.1, 0.15) is 5.75 Å². The minimum atomic E-state index is -3.14. The first-order chi connectivity index (χ1) is 10.9. The predicted octanol–water partition coefficient (Wildman–Crippen LogP) is 0.601. The lowest BCUT2D eigenvalue weighted by molar-refractivity contribution is -0.117. The summed E-state index contributed by atoms with van der Waals surface area (Å²) in [6.07, 6.45) is 1.21. The van der Waals surface area contributed by atoms with Crippen LogP contribution in [0.5, 0.6) is 5.75 Å². The minimum absolute atomic E-state index is 0.109. The van der Waals surface area contributed by atoms with Gasteiger partial charge in [-0.05, 0) is 31.2 Å². The normalized spacial score (nSPS) is 17.0. The molecule has 8 heteroatoms. The van der Waals surface area contributed by atoms with Gasteiger partial charge in [0.05, 0.1) is 19.4 Å². The number of carbonyl (C=O) groups is 1. The third-order valence-electron chi connectivity index (χ3n) is 3.62. The van der Waals surface area contributed by atoms with Crippen LogP contribution in [0.1, 0.15) is 6.92 Å². The smallest absolute Gasteiger partial charge is 0.238 e. The van der Waals surface area contributed by atoms with Crippen molar-refractivity contribution < 1.29 is 17.9 Å². The summed E-state index contributed by atoms with van der Waals surface area (Å²) >= 11 is 0. The molecule has 0 saturated carbocycles. The number of nitrogens with one attached hydrogen (secondary N) is 1. The van der Waals surface area contributed by atoms with Crippen LogP contribution in [-0.4, -0.2) is 69.1 Å². The Morgan fingerprint density at radius 1 is 1.17 bits per heavy atom. The number of hydrogen-bond donors (Lipinski definition) is 1. The molecule has 1 fully saturated rings. The molecule has 1 aliphatic heterocycles. The lowest BCUT2D eigenvalue weighted by atomic mass is 10.3. The Morgan fingerprint density at radius 2 is 1.78 bits per heavy atom. The summed E-state index contributed by atoms with van der Waals surface area (Å²) in [7, 11) is -3.14. The van der Waals surface area contributed by atoms with E-state index in [1.54, 1.807) is 12.1 Å². The van der Waals surface area contributed by atoms with Crippen LogP contribution in [0.4, 0.5) is 5.69 Å². The van der Waals surface area contributed by atoms with Gasteiger partial charge in [-0.3, -0.25) is 9.69 Å². The molecule has 1 saturated heterocycles. The SMILES string of the molecule is CCOc1ccc(NC(=O)CN2CCN(S(C)(=O)=O)CC2)cc1. The molecule has 0 aliphatic carbocycles. The Labute approximate surface area is 137 Å². The number of nitrogens with zero attached hydrogens (tertiary/aromatic N) is 2. The van der Waals surface area contributed by atoms with Gasteiger partial charge in [0, 0.05) is 31.9 Å². The van der Waals surface area contributed by atoms with E-state index in [0.717, 1.165) is 5.75 Å². The van der Waals surface area contributed by atoms with Gasteiger partial charge in [0.15, 0.2) is 0 Å². The summed E-state index contributed by atoms with van der Waals surface area (Å²) < 4.78 is 29.7. The molecule has 0 unspecified atom stereocenters. The van der Waals surface area contributed by atoms with Crippen molar-refractivity contribution in [2.24, 2.45) is 0 Å². The zero-order valence-corrected chi connectivity index (χ0v) is 14.3. The van der Waals surface area contributed by atoms with Crippen molar-refractivity contribution in [1.29, 1.82) is 0 Å². The van der Waals surface area contributed by atoms with Crippen LogP contribution in [0.2, 0.25) is 0 Å². The molecule has 7 nitrogen and oxygen atoms in total. The molecule has 1 heterocycles. The first-order valence-corrected chi connectivity index (χ1v) is 9.43. The third kappa shape index (κ3) is 5.49. The molecule has 1 N–H and O–H groups in total. The summed E-state index contributed by atoms with van der Waals surface area (Å²) in [5.41, 5.74) is 0.716. The molecule has 0 spiro atoms. The van der Waals surface area contributed by atoms with Crippen LogP contribution in [0, 0.1) is 0 Å². The fraction of sp³-hybridized carbons (Fsp3) is 0.533. The van der Waals surface area contributed by atoms with Crippen LogP contribution < -0.4 is 10.1 Å². The molecule has 1 amide bonds. The largest absolute Gasteiger partial charge is 0.494 e. The number of hydrogen-bond acceptors (Lipinski definition) is 5. The number of ether oxygens (including phenoxy) is 1. The molecule has 2 rings (SSSR count). The molecule has 1 aromatic rings. The van der Waals surface area contributed by atoms with Crippen LogP contribution in [0.25, 0.3) is 0 Å². The first-order valence-electron chi connectivity index (χ1n) is 7.58. The van der Waals surface area contributed by atoms with Gasteiger partial charge in [-0.2, -0.15) is 4.31 Å². The Morgan fingerprint density at radius 3 is 2.30 bits per heavy atom. The zero-order chi connectivity index (χ0) is 16.9. The van der Waals surface area contributed by atoms with Crippen molar-refractivity contribution in [3.63, 3.8) is 0 Å². The second kappa shape index (κ2) is 7.76. The lowest BCUT2D eigenvalue weighted by Gasteiger charge is -2.32. The number of rotatable bonds is 6. The number of amides is 1. The van der Waals surface area contributed by atoms with E-state index in [0.29, 0.717) is 38.5 Å². The van der Waals surface area contributed by atoms with E-state index in [2.05, 4.69) is 5.32 Å². The number of piperazine rings is 1. The van der Waals surface area contributed by atoms with Crippen molar-refractivity contribution in [3.05, 3.63) is 24.3 Å². The van der Waals surface area contributed by atoms with Crippen LogP contribution >= 0.6 is 0 Å². The number of sulfonamides is 1. The maximum atomic E-state index is 12.1. The Balaban J connectivity index is 1.79. The molecule has 0 aromatic heterocycles. The molecule has 0 radical (unpaired) electrons. The molecule has 0 bridgehead atoms. The molecule has 128 valence electrons. The van der Waals surface area contributed by atoms with Crippen LogP contribution in [0.3, 0.4) is 0 Å². The monoisotopic (exact) mass is 341 g/mol. The van der Waals surface area contributed by atoms with Crippen molar-refractivity contribution in [2.75, 3.05) is 50.9 Å². The fourth-order valence-electron chi connectivity index (χ4n) is 2.42. The molecular formula is C15H23N3O4S. The average Bonchev–Trinajstić information content (AvgIpc) is 2.49. The summed E-state index contributed by atoms with van der Waals surface area (Å²) in [5.74, 6) is 0.657. The fourth-order valence-corrected chi connectivity index (χ4v) is 3.25. The second-order valence-corrected chi connectivity index (χ2v) is 7.43. The number of carbonyl (C=O) groups excluding carboxylic acids is 1. The second-order valence-electron chi connectivity index (χ2n) is 5.44. The highest BCUT2D eigenvalue weighted by Crippen LogP contribution is 2.15. The van der Waals surface area contributed by atoms with Gasteiger partial charge in [0.2, 0.25) is 15.9 Å². The Hall–Kier alpha value is -1.64. The van der Waals surface area contributed by atoms with Gasteiger partial charge in [-0.15, -0.1) is 0 Å². The summed E-state index contributed by atoms with van der Waals surface area (Å²) in [4.78, 5) is 14.0. The third-order valence-corrected chi connectivity index (χ3v) is 4.92. The standard InChI is InChI=1S/C15H23N3O4S/c1-3-22-14-6-4-13(5-7-14)16-15(19)12-17-8-10-18(11-9-17)23(2,20)21/h4-7H,3,8-12H2,1-2H3,(H,16,19). The van der Waals surface area contributed by atoms with Crippen LogP contribution in [-0.2, 0) is 14.8 Å². The van der Waals surface area contributed by atoms with Crippen molar-refractivity contribution in [1.82, 2.24) is 9.21 Å². The lowest BCUT2D eigenvalue weighted by Crippen LogP contribution is -2.50. The predicted molar refractivity (Wildman–Crippen MR) is 89.1 cm³/mol. The topological polar surface area (TPSA) is 79.0 Å². The van der Waals surface area contributed by atoms with E-state index in [1.807, 2.05) is 24.0 Å².